The van der Waals surface area contributed by atoms with Crippen LogP contribution in [0.1, 0.15) is 0 Å². The molecule has 0 amide bonds. The fraction of sp³-hybridized carbons (Fsp3) is 0.143. The molecule has 2 rings (SSSR count). The van der Waals surface area contributed by atoms with Crippen LogP contribution in [0.2, 0.25) is 0 Å². The van der Waals surface area contributed by atoms with E-state index in [4.69, 9.17) is 0 Å². The molecule has 0 spiro atoms. The highest BCUT2D eigenvalue weighted by Gasteiger charge is 2.30. The minimum atomic E-state index is -1.14. The Bertz CT molecular complexity index is 598. The topological polar surface area (TPSA) is 63.4 Å². The fourth-order valence-corrected chi connectivity index (χ4v) is 1.96. The van der Waals surface area contributed by atoms with Gasteiger partial charge in [0.15, 0.2) is 0 Å². The van der Waals surface area contributed by atoms with Crippen molar-refractivity contribution in [2.75, 3.05) is 11.9 Å². The van der Waals surface area contributed by atoms with Gasteiger partial charge >= 0.3 is 0 Å². The molecule has 0 saturated heterocycles. The molecule has 1 atom stereocenters. The van der Waals surface area contributed by atoms with Gasteiger partial charge in [0.05, 0.1) is 5.70 Å². The average Bonchev–Trinajstić information content (AvgIpc) is 2.46. The summed E-state index contributed by atoms with van der Waals surface area (Å²) in [6.07, 6.45) is 4.64. The third-order valence-corrected chi connectivity index (χ3v) is 2.96. The summed E-state index contributed by atoms with van der Waals surface area (Å²) >= 11 is 0. The second-order valence-corrected chi connectivity index (χ2v) is 4.08. The summed E-state index contributed by atoms with van der Waals surface area (Å²) in [7, 11) is 1.76. The molecule has 1 unspecified atom stereocenters. The van der Waals surface area contributed by atoms with E-state index in [-0.39, 0.29) is 5.57 Å². The first-order chi connectivity index (χ1) is 9.15. The van der Waals surface area contributed by atoms with Crippen molar-refractivity contribution in [1.29, 1.82) is 0 Å². The molecule has 1 aliphatic carbocycles. The van der Waals surface area contributed by atoms with Gasteiger partial charge in [-0.25, -0.2) is 4.79 Å². The van der Waals surface area contributed by atoms with E-state index in [2.05, 4.69) is 0 Å². The number of para-hydroxylation sites is 1. The van der Waals surface area contributed by atoms with Gasteiger partial charge in [-0.2, -0.15) is 0 Å². The van der Waals surface area contributed by atoms with Crippen molar-refractivity contribution in [3.05, 3.63) is 69.9 Å². The first-order valence-electron chi connectivity index (χ1n) is 5.71. The Morgan fingerprint density at radius 1 is 1.32 bits per heavy atom. The van der Waals surface area contributed by atoms with Crippen molar-refractivity contribution in [3.8, 4) is 0 Å². The standard InChI is InChI=1S/C14H12N2O3/c1-15(11-6-3-2-4-7-11)13-8-5-9-14(16(18)19)12(13)10-17/h2-9,14H,1H3. The number of nitrogens with zero attached hydrogens (tertiary/aromatic N) is 2. The van der Waals surface area contributed by atoms with Crippen molar-refractivity contribution in [1.82, 2.24) is 0 Å². The van der Waals surface area contributed by atoms with E-state index < -0.39 is 11.0 Å². The number of benzene rings is 1. The predicted octanol–water partition coefficient (Wildman–Crippen LogP) is 1.98. The summed E-state index contributed by atoms with van der Waals surface area (Å²) in [6, 6.07) is 8.19. The van der Waals surface area contributed by atoms with Gasteiger partial charge in [0.25, 0.3) is 6.04 Å². The number of carbonyl (C=O) groups excluding carboxylic acids is 1. The zero-order valence-corrected chi connectivity index (χ0v) is 10.3. The highest BCUT2D eigenvalue weighted by atomic mass is 16.6. The maximum Gasteiger partial charge on any atom is 0.268 e. The van der Waals surface area contributed by atoms with Gasteiger partial charge in [-0.1, -0.05) is 24.3 Å². The number of anilines is 1. The number of likely N-dealkylation sites (N-methyl/N-ethyl adjacent to an activating group) is 1. The van der Waals surface area contributed by atoms with Gasteiger partial charge in [0.2, 0.25) is 0 Å². The van der Waals surface area contributed by atoms with E-state index in [0.717, 1.165) is 5.69 Å². The van der Waals surface area contributed by atoms with Gasteiger partial charge in [-0.15, -0.1) is 0 Å². The average molecular weight is 256 g/mol. The lowest BCUT2D eigenvalue weighted by Gasteiger charge is -2.25. The molecule has 5 nitrogen and oxygen atoms in total. The Morgan fingerprint density at radius 3 is 2.58 bits per heavy atom. The Kier molecular flexibility index (Phi) is 3.59. The quantitative estimate of drug-likeness (QED) is 0.471. The van der Waals surface area contributed by atoms with Gasteiger partial charge in [0, 0.05) is 17.7 Å². The lowest BCUT2D eigenvalue weighted by Crippen LogP contribution is -2.29. The molecular weight excluding hydrogens is 244 g/mol. The molecule has 96 valence electrons. The van der Waals surface area contributed by atoms with Crippen LogP contribution in [0.15, 0.2) is 59.8 Å². The van der Waals surface area contributed by atoms with Gasteiger partial charge < -0.3 is 4.90 Å². The molecule has 1 aromatic carbocycles. The smallest absolute Gasteiger partial charge is 0.268 e. The summed E-state index contributed by atoms with van der Waals surface area (Å²) in [4.78, 5) is 23.2. The van der Waals surface area contributed by atoms with Crippen molar-refractivity contribution in [2.45, 2.75) is 6.04 Å². The van der Waals surface area contributed by atoms with Crippen molar-refractivity contribution < 1.29 is 9.72 Å². The zero-order chi connectivity index (χ0) is 13.8. The van der Waals surface area contributed by atoms with Crippen LogP contribution in [0.3, 0.4) is 0 Å². The Hall–Kier alpha value is -2.65. The lowest BCUT2D eigenvalue weighted by molar-refractivity contribution is -0.498. The van der Waals surface area contributed by atoms with E-state index in [1.54, 1.807) is 30.0 Å². The van der Waals surface area contributed by atoms with E-state index >= 15 is 0 Å². The largest absolute Gasteiger partial charge is 0.344 e. The van der Waals surface area contributed by atoms with Crippen LogP contribution in [0, 0.1) is 10.1 Å². The van der Waals surface area contributed by atoms with Gasteiger partial charge in [0.1, 0.15) is 11.5 Å². The number of hydrogen-bond donors (Lipinski definition) is 0. The summed E-state index contributed by atoms with van der Waals surface area (Å²) in [5.41, 5.74) is 1.38. The molecular formula is C14H12N2O3. The zero-order valence-electron chi connectivity index (χ0n) is 10.3. The SMILES string of the molecule is CN(C1=CC=CC([N+](=O)[O-])C1=C=O)c1ccccc1. The number of allylic oxidation sites excluding steroid dienone is 2. The summed E-state index contributed by atoms with van der Waals surface area (Å²) in [5, 5.41) is 10.9. The molecule has 0 radical (unpaired) electrons. The summed E-state index contributed by atoms with van der Waals surface area (Å²) in [6.45, 7) is 0. The maximum absolute atomic E-state index is 11.1. The van der Waals surface area contributed by atoms with Crippen LogP contribution in [-0.4, -0.2) is 24.0 Å². The molecule has 0 aliphatic heterocycles. The van der Waals surface area contributed by atoms with Crippen LogP contribution in [-0.2, 0) is 4.79 Å². The van der Waals surface area contributed by atoms with Crippen LogP contribution in [0.25, 0.3) is 0 Å². The molecule has 0 heterocycles. The molecule has 19 heavy (non-hydrogen) atoms. The van der Waals surface area contributed by atoms with E-state index in [1.807, 2.05) is 30.3 Å². The van der Waals surface area contributed by atoms with E-state index in [1.165, 1.54) is 6.08 Å². The summed E-state index contributed by atoms with van der Waals surface area (Å²) in [5.74, 6) is 1.70. The maximum atomic E-state index is 11.1. The highest BCUT2D eigenvalue weighted by Crippen LogP contribution is 2.26. The second-order valence-electron chi connectivity index (χ2n) is 4.08. The summed E-state index contributed by atoms with van der Waals surface area (Å²) < 4.78 is 0. The molecule has 0 fully saturated rings. The van der Waals surface area contributed by atoms with Crippen molar-refractivity contribution in [2.24, 2.45) is 0 Å². The van der Waals surface area contributed by atoms with E-state index in [0.29, 0.717) is 5.70 Å². The molecule has 5 heteroatoms. The normalized spacial score (nSPS) is 17.6. The molecule has 0 saturated carbocycles. The number of rotatable bonds is 3. The second kappa shape index (κ2) is 5.33. The molecule has 1 aliphatic rings. The third kappa shape index (κ3) is 2.46. The van der Waals surface area contributed by atoms with Gasteiger partial charge in [-0.3, -0.25) is 10.1 Å². The Balaban J connectivity index is 2.39. The minimum absolute atomic E-state index is 0.0406. The molecule has 0 bridgehead atoms. The Labute approximate surface area is 110 Å². The minimum Gasteiger partial charge on any atom is -0.344 e. The number of nitro groups is 1. The lowest BCUT2D eigenvalue weighted by atomic mass is 9.99. The van der Waals surface area contributed by atoms with Crippen LogP contribution < -0.4 is 4.90 Å². The first kappa shape index (κ1) is 12.8. The van der Waals surface area contributed by atoms with Crippen molar-refractivity contribution in [3.63, 3.8) is 0 Å². The fourth-order valence-electron chi connectivity index (χ4n) is 1.96. The molecule has 0 N–H and O–H groups in total. The monoisotopic (exact) mass is 256 g/mol. The molecule has 1 aromatic rings. The molecule has 0 aromatic heterocycles. The highest BCUT2D eigenvalue weighted by molar-refractivity contribution is 5.70. The number of hydrogen-bond acceptors (Lipinski definition) is 4. The van der Waals surface area contributed by atoms with Crippen LogP contribution in [0.4, 0.5) is 5.69 Å². The predicted molar refractivity (Wildman–Crippen MR) is 72.1 cm³/mol. The van der Waals surface area contributed by atoms with Crippen LogP contribution >= 0.6 is 0 Å². The van der Waals surface area contributed by atoms with Crippen molar-refractivity contribution >= 4 is 11.6 Å². The Morgan fingerprint density at radius 2 is 2.00 bits per heavy atom. The van der Waals surface area contributed by atoms with Crippen LogP contribution in [0.5, 0.6) is 0 Å². The third-order valence-electron chi connectivity index (χ3n) is 2.96. The van der Waals surface area contributed by atoms with E-state index in [9.17, 15) is 14.9 Å². The first-order valence-corrected chi connectivity index (χ1v) is 5.71. The van der Waals surface area contributed by atoms with Gasteiger partial charge in [-0.05, 0) is 24.3 Å².